The van der Waals surface area contributed by atoms with Crippen LogP contribution in [0, 0.1) is 0 Å². The molecule has 0 bridgehead atoms. The standard InChI is InChI=1S/C13H14O5S/c14-11-4-1-8-5-9(2-3-10(8)11)18-13-7-19(16,17)6-12(13)15/h2-3,5,12-13,15H,1,4,6-7H2. The van der Waals surface area contributed by atoms with Gasteiger partial charge in [0.1, 0.15) is 18.0 Å². The number of hydrogen-bond acceptors (Lipinski definition) is 5. The number of aliphatic hydroxyl groups is 1. The minimum absolute atomic E-state index is 0.130. The molecule has 1 aliphatic carbocycles. The van der Waals surface area contributed by atoms with E-state index in [0.29, 0.717) is 24.2 Å². The predicted molar refractivity (Wildman–Crippen MR) is 68.2 cm³/mol. The van der Waals surface area contributed by atoms with Crippen molar-refractivity contribution in [2.24, 2.45) is 0 Å². The van der Waals surface area contributed by atoms with E-state index < -0.39 is 22.0 Å². The van der Waals surface area contributed by atoms with Crippen LogP contribution in [-0.2, 0) is 16.3 Å². The number of ketones is 1. The van der Waals surface area contributed by atoms with Gasteiger partial charge in [-0.05, 0) is 30.2 Å². The number of ether oxygens (including phenoxy) is 1. The van der Waals surface area contributed by atoms with Gasteiger partial charge in [-0.3, -0.25) is 4.79 Å². The van der Waals surface area contributed by atoms with Gasteiger partial charge < -0.3 is 9.84 Å². The van der Waals surface area contributed by atoms with Crippen molar-refractivity contribution in [3.05, 3.63) is 29.3 Å². The lowest BCUT2D eigenvalue weighted by Gasteiger charge is -2.16. The number of benzene rings is 1. The third-order valence-electron chi connectivity index (χ3n) is 3.56. The van der Waals surface area contributed by atoms with Crippen molar-refractivity contribution in [3.63, 3.8) is 0 Å². The summed E-state index contributed by atoms with van der Waals surface area (Å²) in [6, 6.07) is 5.12. The maximum Gasteiger partial charge on any atom is 0.163 e. The summed E-state index contributed by atoms with van der Waals surface area (Å²) in [6.07, 6.45) is -0.504. The van der Waals surface area contributed by atoms with E-state index >= 15 is 0 Å². The zero-order chi connectivity index (χ0) is 13.6. The van der Waals surface area contributed by atoms with Crippen molar-refractivity contribution >= 4 is 15.6 Å². The summed E-state index contributed by atoms with van der Waals surface area (Å²) in [4.78, 5) is 11.5. The van der Waals surface area contributed by atoms with Gasteiger partial charge in [0.2, 0.25) is 0 Å². The number of carbonyl (C=O) groups is 1. The van der Waals surface area contributed by atoms with Crippen LogP contribution >= 0.6 is 0 Å². The number of rotatable bonds is 2. The quantitative estimate of drug-likeness (QED) is 0.846. The van der Waals surface area contributed by atoms with E-state index in [4.69, 9.17) is 4.74 Å². The number of aryl methyl sites for hydroxylation is 1. The van der Waals surface area contributed by atoms with Crippen LogP contribution in [0.1, 0.15) is 22.3 Å². The van der Waals surface area contributed by atoms with Crippen LogP contribution in [0.5, 0.6) is 5.75 Å². The fourth-order valence-corrected chi connectivity index (χ4v) is 4.25. The second-order valence-electron chi connectivity index (χ2n) is 5.04. The number of fused-ring (bicyclic) bond motifs is 1. The van der Waals surface area contributed by atoms with Crippen LogP contribution < -0.4 is 4.74 Å². The first-order chi connectivity index (χ1) is 8.94. The molecule has 5 nitrogen and oxygen atoms in total. The average molecular weight is 282 g/mol. The van der Waals surface area contributed by atoms with Crippen LogP contribution in [0.15, 0.2) is 18.2 Å². The fourth-order valence-electron chi connectivity index (χ4n) is 2.59. The number of aliphatic hydroxyl groups excluding tert-OH is 1. The number of hydrogen-bond donors (Lipinski definition) is 1. The van der Waals surface area contributed by atoms with Crippen LogP contribution in [0.2, 0.25) is 0 Å². The number of carbonyl (C=O) groups excluding carboxylic acids is 1. The van der Waals surface area contributed by atoms with Crippen molar-refractivity contribution in [1.82, 2.24) is 0 Å². The third kappa shape index (κ3) is 2.37. The van der Waals surface area contributed by atoms with Crippen LogP contribution in [0.3, 0.4) is 0 Å². The van der Waals surface area contributed by atoms with Gasteiger partial charge in [-0.15, -0.1) is 0 Å². The smallest absolute Gasteiger partial charge is 0.163 e. The molecule has 3 rings (SSSR count). The Labute approximate surface area is 111 Å². The molecule has 0 amide bonds. The lowest BCUT2D eigenvalue weighted by Crippen LogP contribution is -2.29. The Kier molecular flexibility index (Phi) is 2.87. The Bertz CT molecular complexity index is 634. The lowest BCUT2D eigenvalue weighted by atomic mass is 10.1. The summed E-state index contributed by atoms with van der Waals surface area (Å²) in [6.45, 7) is 0. The zero-order valence-corrected chi connectivity index (χ0v) is 11.0. The topological polar surface area (TPSA) is 80.7 Å². The molecule has 1 heterocycles. The molecule has 0 spiro atoms. The van der Waals surface area contributed by atoms with Crippen molar-refractivity contribution < 1.29 is 23.1 Å². The SMILES string of the molecule is O=C1CCc2cc(OC3CS(=O)(=O)CC3O)ccc21. The first kappa shape index (κ1) is 12.6. The molecule has 1 aromatic carbocycles. The van der Waals surface area contributed by atoms with E-state index in [9.17, 15) is 18.3 Å². The summed E-state index contributed by atoms with van der Waals surface area (Å²) >= 11 is 0. The highest BCUT2D eigenvalue weighted by Crippen LogP contribution is 2.28. The van der Waals surface area contributed by atoms with Crippen molar-refractivity contribution in [2.75, 3.05) is 11.5 Å². The minimum atomic E-state index is -3.21. The first-order valence-corrected chi connectivity index (χ1v) is 7.98. The average Bonchev–Trinajstić information content (AvgIpc) is 2.80. The minimum Gasteiger partial charge on any atom is -0.487 e. The van der Waals surface area contributed by atoms with Gasteiger partial charge >= 0.3 is 0 Å². The number of Topliss-reactive ketones (excluding diaryl/α,β-unsaturated/α-hetero) is 1. The summed E-state index contributed by atoms with van der Waals surface area (Å²) in [5.41, 5.74) is 1.64. The highest BCUT2D eigenvalue weighted by Gasteiger charge is 2.38. The Morgan fingerprint density at radius 2 is 2.00 bits per heavy atom. The molecular weight excluding hydrogens is 268 g/mol. The molecule has 1 N–H and O–H groups in total. The Morgan fingerprint density at radius 3 is 2.68 bits per heavy atom. The van der Waals surface area contributed by atoms with Gasteiger partial charge in [0.15, 0.2) is 15.6 Å². The van der Waals surface area contributed by atoms with E-state index in [0.717, 1.165) is 5.56 Å². The van der Waals surface area contributed by atoms with Gasteiger partial charge in [0.25, 0.3) is 0 Å². The molecule has 1 saturated heterocycles. The Balaban J connectivity index is 1.80. The van der Waals surface area contributed by atoms with Gasteiger partial charge in [-0.2, -0.15) is 0 Å². The van der Waals surface area contributed by atoms with Crippen LogP contribution in [0.4, 0.5) is 0 Å². The maximum atomic E-state index is 11.5. The zero-order valence-electron chi connectivity index (χ0n) is 10.2. The molecule has 0 radical (unpaired) electrons. The Morgan fingerprint density at radius 1 is 1.21 bits per heavy atom. The second kappa shape index (κ2) is 4.31. The summed E-state index contributed by atoms with van der Waals surface area (Å²) in [5.74, 6) is 0.227. The molecule has 1 aliphatic heterocycles. The first-order valence-electron chi connectivity index (χ1n) is 6.16. The molecule has 0 saturated carbocycles. The van der Waals surface area contributed by atoms with E-state index in [-0.39, 0.29) is 17.3 Å². The summed E-state index contributed by atoms with van der Waals surface area (Å²) < 4.78 is 28.3. The number of sulfone groups is 1. The predicted octanol–water partition coefficient (Wildman–Crippen LogP) is 0.352. The van der Waals surface area contributed by atoms with E-state index in [1.807, 2.05) is 0 Å². The molecule has 0 aromatic heterocycles. The molecule has 1 aromatic rings. The summed E-state index contributed by atoms with van der Waals surface area (Å²) in [5, 5.41) is 9.66. The summed E-state index contributed by atoms with van der Waals surface area (Å²) in [7, 11) is -3.21. The molecule has 1 fully saturated rings. The van der Waals surface area contributed by atoms with Gasteiger partial charge in [-0.1, -0.05) is 0 Å². The van der Waals surface area contributed by atoms with Gasteiger partial charge in [0, 0.05) is 12.0 Å². The molecule has 2 unspecified atom stereocenters. The Hall–Kier alpha value is -1.40. The molecule has 2 aliphatic rings. The monoisotopic (exact) mass is 282 g/mol. The highest BCUT2D eigenvalue weighted by atomic mass is 32.2. The maximum absolute atomic E-state index is 11.5. The van der Waals surface area contributed by atoms with Crippen molar-refractivity contribution in [3.8, 4) is 5.75 Å². The van der Waals surface area contributed by atoms with Crippen molar-refractivity contribution in [2.45, 2.75) is 25.0 Å². The fraction of sp³-hybridized carbons (Fsp3) is 0.462. The molecule has 2 atom stereocenters. The largest absolute Gasteiger partial charge is 0.487 e. The second-order valence-corrected chi connectivity index (χ2v) is 7.20. The normalized spacial score (nSPS) is 28.4. The molecular formula is C13H14O5S. The van der Waals surface area contributed by atoms with Crippen LogP contribution in [-0.4, -0.2) is 43.0 Å². The van der Waals surface area contributed by atoms with E-state index in [1.54, 1.807) is 18.2 Å². The van der Waals surface area contributed by atoms with Gasteiger partial charge in [0.05, 0.1) is 11.5 Å². The third-order valence-corrected chi connectivity index (χ3v) is 5.24. The lowest BCUT2D eigenvalue weighted by molar-refractivity contribution is 0.0737. The molecule has 19 heavy (non-hydrogen) atoms. The van der Waals surface area contributed by atoms with E-state index in [2.05, 4.69) is 0 Å². The molecule has 102 valence electrons. The van der Waals surface area contributed by atoms with E-state index in [1.165, 1.54) is 0 Å². The molecule has 6 heteroatoms. The highest BCUT2D eigenvalue weighted by molar-refractivity contribution is 7.91. The van der Waals surface area contributed by atoms with Crippen LogP contribution in [0.25, 0.3) is 0 Å². The van der Waals surface area contributed by atoms with Crippen molar-refractivity contribution in [1.29, 1.82) is 0 Å². The van der Waals surface area contributed by atoms with Gasteiger partial charge in [-0.25, -0.2) is 8.42 Å².